The lowest BCUT2D eigenvalue weighted by Gasteiger charge is -2.39. The van der Waals surface area contributed by atoms with Crippen molar-refractivity contribution in [2.24, 2.45) is 0 Å². The molecule has 1 rings (SSSR count). The highest BCUT2D eigenvalue weighted by molar-refractivity contribution is 6.67. The van der Waals surface area contributed by atoms with Gasteiger partial charge in [-0.25, -0.2) is 0 Å². The zero-order valence-corrected chi connectivity index (χ0v) is 12.1. The van der Waals surface area contributed by atoms with Crippen molar-refractivity contribution in [1.82, 2.24) is 0 Å². The Morgan fingerprint density at radius 1 is 1.20 bits per heavy atom. The highest BCUT2D eigenvalue weighted by Crippen LogP contribution is 2.52. The van der Waals surface area contributed by atoms with Crippen molar-refractivity contribution in [3.05, 3.63) is 10.1 Å². The highest BCUT2D eigenvalue weighted by Gasteiger charge is 2.59. The van der Waals surface area contributed by atoms with E-state index in [1.807, 2.05) is 0 Å². The number of ketones is 1. The molecule has 1 aliphatic rings. The van der Waals surface area contributed by atoms with Crippen LogP contribution in [-0.2, 0) is 4.79 Å². The monoisotopic (exact) mass is 348 g/mol. The smallest absolute Gasteiger partial charge is 0.199 e. The lowest BCUT2D eigenvalue weighted by Crippen LogP contribution is -2.55. The Labute approximate surface area is 122 Å². The molecule has 0 bridgehead atoms. The van der Waals surface area contributed by atoms with Crippen molar-refractivity contribution in [3.63, 3.8) is 0 Å². The molecule has 0 N–H and O–H groups in total. The minimum atomic E-state index is -1.73. The van der Waals surface area contributed by atoms with E-state index in [4.69, 9.17) is 81.2 Å². The summed E-state index contributed by atoms with van der Waals surface area (Å²) in [6.45, 7) is 0. The summed E-state index contributed by atoms with van der Waals surface area (Å²) in [4.78, 5) is 10.0. The maximum Gasteiger partial charge on any atom is 0.199 e. The largest absolute Gasteiger partial charge is 0.291 e. The van der Waals surface area contributed by atoms with Gasteiger partial charge in [0.25, 0.3) is 0 Å². The summed E-state index contributed by atoms with van der Waals surface area (Å²) in [7, 11) is 0. The molecule has 1 aliphatic carbocycles. The van der Waals surface area contributed by atoms with E-state index < -0.39 is 20.4 Å². The van der Waals surface area contributed by atoms with Crippen LogP contribution >= 0.6 is 81.2 Å². The number of carbonyl (C=O) groups excluding carboxylic acids is 1. The molecule has 0 fully saturated rings. The van der Waals surface area contributed by atoms with Crippen molar-refractivity contribution in [3.8, 4) is 0 Å². The molecule has 0 heterocycles. The number of halogens is 7. The Bertz CT molecular complexity index is 336. The van der Waals surface area contributed by atoms with Gasteiger partial charge in [-0.3, -0.25) is 4.79 Å². The Kier molecular flexibility index (Phi) is 4.45. The number of rotatable bonds is 1. The highest BCUT2D eigenvalue weighted by atomic mass is 35.5. The van der Waals surface area contributed by atoms with Crippen molar-refractivity contribution < 1.29 is 4.79 Å². The van der Waals surface area contributed by atoms with Gasteiger partial charge in [-0.1, -0.05) is 46.4 Å². The summed E-state index contributed by atoms with van der Waals surface area (Å²) in [6.07, 6.45) is 0. The molecule has 0 radical (unpaired) electrons. The fourth-order valence-electron chi connectivity index (χ4n) is 1.07. The number of hydrogen-bond donors (Lipinski definition) is 0. The first-order valence-corrected chi connectivity index (χ1v) is 6.43. The summed E-state index contributed by atoms with van der Waals surface area (Å²) in [5.41, 5.74) is 0. The standard InChI is InChI=1S/C7H3Cl7O/c8-1-6(12)4(15)2(9)3(10)7(13,14)5(6)11/h5H,1H2/t5-,6-/m1/s1. The predicted molar refractivity (Wildman–Crippen MR) is 67.1 cm³/mol. The number of allylic oxidation sites excluding steroid dienone is 2. The summed E-state index contributed by atoms with van der Waals surface area (Å²) >= 11 is 40.5. The van der Waals surface area contributed by atoms with Crippen LogP contribution in [-0.4, -0.2) is 26.2 Å². The maximum absolute atomic E-state index is 11.7. The van der Waals surface area contributed by atoms with Crippen molar-refractivity contribution in [1.29, 1.82) is 0 Å². The normalized spacial score (nSPS) is 35.9. The van der Waals surface area contributed by atoms with Crippen molar-refractivity contribution in [2.45, 2.75) is 14.6 Å². The lowest BCUT2D eigenvalue weighted by atomic mass is 9.92. The number of carbonyl (C=O) groups is 1. The van der Waals surface area contributed by atoms with E-state index >= 15 is 0 Å². The quantitative estimate of drug-likeness (QED) is 0.646. The van der Waals surface area contributed by atoms with Crippen LogP contribution in [0, 0.1) is 0 Å². The fraction of sp³-hybridized carbons (Fsp3) is 0.571. The van der Waals surface area contributed by atoms with E-state index in [-0.39, 0.29) is 15.9 Å². The topological polar surface area (TPSA) is 17.1 Å². The van der Waals surface area contributed by atoms with Crippen molar-refractivity contribution >= 4 is 87.0 Å². The summed E-state index contributed by atoms with van der Waals surface area (Å²) in [6, 6.07) is 0. The Hall–Kier alpha value is 1.44. The van der Waals surface area contributed by atoms with E-state index in [1.54, 1.807) is 0 Å². The fourth-order valence-corrected chi connectivity index (χ4v) is 3.36. The molecule has 8 heteroatoms. The van der Waals surface area contributed by atoms with Crippen LogP contribution in [0.1, 0.15) is 0 Å². The summed E-state index contributed by atoms with van der Waals surface area (Å²) < 4.78 is -1.73. The molecule has 0 unspecified atom stereocenters. The van der Waals surface area contributed by atoms with Crippen LogP contribution in [0.25, 0.3) is 0 Å². The van der Waals surface area contributed by atoms with Gasteiger partial charge in [-0.15, -0.1) is 34.8 Å². The second-order valence-corrected chi connectivity index (χ2v) is 6.46. The number of alkyl halides is 5. The van der Waals surface area contributed by atoms with Gasteiger partial charge in [0.05, 0.1) is 16.3 Å². The first kappa shape index (κ1) is 14.5. The molecular formula is C7H3Cl7O. The van der Waals surface area contributed by atoms with Gasteiger partial charge in [0.1, 0.15) is 9.91 Å². The number of hydrogen-bond acceptors (Lipinski definition) is 1. The van der Waals surface area contributed by atoms with Gasteiger partial charge in [-0.05, 0) is 0 Å². The molecule has 86 valence electrons. The Morgan fingerprint density at radius 2 is 1.67 bits per heavy atom. The van der Waals surface area contributed by atoms with Crippen LogP contribution in [0.5, 0.6) is 0 Å². The molecule has 2 atom stereocenters. The van der Waals surface area contributed by atoms with E-state index in [2.05, 4.69) is 0 Å². The predicted octanol–water partition coefficient (Wildman–Crippen LogP) is 4.26. The van der Waals surface area contributed by atoms with Crippen LogP contribution in [0.4, 0.5) is 0 Å². The third kappa shape index (κ3) is 2.10. The Balaban J connectivity index is 3.40. The average Bonchev–Trinajstić information content (AvgIpc) is 2.22. The second-order valence-electron chi connectivity index (χ2n) is 2.94. The lowest BCUT2D eigenvalue weighted by molar-refractivity contribution is -0.117. The molecule has 0 aromatic rings. The summed E-state index contributed by atoms with van der Waals surface area (Å²) in [5.74, 6) is -0.953. The SMILES string of the molecule is O=C1C(Cl)=C(Cl)C(Cl)(Cl)[C@H](Cl)[C@@]1(Cl)CCl. The maximum atomic E-state index is 11.7. The minimum absolute atomic E-state index is 0.237. The zero-order valence-electron chi connectivity index (χ0n) is 6.84. The minimum Gasteiger partial charge on any atom is -0.291 e. The van der Waals surface area contributed by atoms with Crippen LogP contribution < -0.4 is 0 Å². The van der Waals surface area contributed by atoms with Gasteiger partial charge in [0, 0.05) is 0 Å². The van der Waals surface area contributed by atoms with Gasteiger partial charge in [-0.2, -0.15) is 0 Å². The molecular weight excluding hydrogens is 348 g/mol. The van der Waals surface area contributed by atoms with E-state index in [0.717, 1.165) is 0 Å². The molecule has 0 amide bonds. The molecule has 0 saturated carbocycles. The third-order valence-corrected chi connectivity index (χ3v) is 6.05. The first-order chi connectivity index (χ1) is 6.69. The average molecular weight is 351 g/mol. The molecule has 0 aromatic carbocycles. The zero-order chi connectivity index (χ0) is 12.0. The number of Topliss-reactive ketones (excluding diaryl/α,β-unsaturated/α-hetero) is 1. The second kappa shape index (κ2) is 4.61. The van der Waals surface area contributed by atoms with E-state index in [0.29, 0.717) is 0 Å². The van der Waals surface area contributed by atoms with Crippen LogP contribution in [0.2, 0.25) is 0 Å². The molecule has 1 nitrogen and oxygen atoms in total. The molecule has 0 aromatic heterocycles. The van der Waals surface area contributed by atoms with Crippen molar-refractivity contribution in [2.75, 3.05) is 5.88 Å². The summed E-state index contributed by atoms with van der Waals surface area (Å²) in [5, 5.41) is -1.75. The van der Waals surface area contributed by atoms with Crippen LogP contribution in [0.15, 0.2) is 10.1 Å². The Morgan fingerprint density at radius 3 is 2.07 bits per heavy atom. The van der Waals surface area contributed by atoms with E-state index in [1.165, 1.54) is 0 Å². The third-order valence-electron chi connectivity index (χ3n) is 1.98. The molecule has 0 aliphatic heterocycles. The molecule has 0 saturated heterocycles. The van der Waals surface area contributed by atoms with Gasteiger partial charge >= 0.3 is 0 Å². The van der Waals surface area contributed by atoms with Gasteiger partial charge in [0.2, 0.25) is 0 Å². The molecule has 0 spiro atoms. The van der Waals surface area contributed by atoms with Gasteiger partial charge < -0.3 is 0 Å². The first-order valence-electron chi connectivity index (χ1n) is 3.57. The molecule has 15 heavy (non-hydrogen) atoms. The van der Waals surface area contributed by atoms with E-state index in [9.17, 15) is 4.79 Å². The van der Waals surface area contributed by atoms with Gasteiger partial charge in [0.15, 0.2) is 10.1 Å². The van der Waals surface area contributed by atoms with Crippen LogP contribution in [0.3, 0.4) is 0 Å².